The van der Waals surface area contributed by atoms with E-state index in [1.54, 1.807) is 11.0 Å². The van der Waals surface area contributed by atoms with Crippen molar-refractivity contribution in [2.75, 3.05) is 18.4 Å². The van der Waals surface area contributed by atoms with E-state index in [9.17, 15) is 9.59 Å². The van der Waals surface area contributed by atoms with Gasteiger partial charge in [-0.05, 0) is 25.0 Å². The molecule has 1 aliphatic heterocycles. The molecule has 2 heterocycles. The van der Waals surface area contributed by atoms with Gasteiger partial charge in [0.15, 0.2) is 0 Å². The zero-order valence-electron chi connectivity index (χ0n) is 12.2. The Kier molecular flexibility index (Phi) is 4.37. The van der Waals surface area contributed by atoms with Crippen molar-refractivity contribution >= 4 is 17.6 Å². The van der Waals surface area contributed by atoms with Crippen molar-refractivity contribution < 1.29 is 9.59 Å². The first-order valence-electron chi connectivity index (χ1n) is 6.98. The van der Waals surface area contributed by atoms with E-state index in [0.29, 0.717) is 31.2 Å². The highest BCUT2D eigenvalue weighted by molar-refractivity contribution is 5.96. The van der Waals surface area contributed by atoms with Crippen LogP contribution < -0.4 is 5.32 Å². The topological polar surface area (TPSA) is 62.3 Å². The molecule has 1 N–H and O–H groups in total. The van der Waals surface area contributed by atoms with Gasteiger partial charge < -0.3 is 10.2 Å². The van der Waals surface area contributed by atoms with Crippen LogP contribution in [0.4, 0.5) is 5.82 Å². The average molecular weight is 275 g/mol. The standard InChI is InChI=1S/C15H21N3O2/c1-10(2)8-18-9-12(7-14(18)19)15(20)17-13-6-4-5-11(3)16-13/h4-6,10,12H,7-9H2,1-3H3,(H,16,17,20)/t12-/m0/s1. The first-order valence-corrected chi connectivity index (χ1v) is 6.98. The highest BCUT2D eigenvalue weighted by Gasteiger charge is 2.34. The summed E-state index contributed by atoms with van der Waals surface area (Å²) in [5, 5.41) is 2.79. The Hall–Kier alpha value is -1.91. The highest BCUT2D eigenvalue weighted by atomic mass is 16.2. The number of hydrogen-bond donors (Lipinski definition) is 1. The molecule has 0 aliphatic carbocycles. The van der Waals surface area contributed by atoms with E-state index in [4.69, 9.17) is 0 Å². The largest absolute Gasteiger partial charge is 0.342 e. The molecular formula is C15H21N3O2. The van der Waals surface area contributed by atoms with E-state index in [1.165, 1.54) is 0 Å². The van der Waals surface area contributed by atoms with Gasteiger partial charge in [0.2, 0.25) is 11.8 Å². The van der Waals surface area contributed by atoms with Gasteiger partial charge in [-0.1, -0.05) is 19.9 Å². The minimum atomic E-state index is -0.274. The zero-order chi connectivity index (χ0) is 14.7. The second kappa shape index (κ2) is 6.03. The van der Waals surface area contributed by atoms with Crippen molar-refractivity contribution in [1.29, 1.82) is 0 Å². The van der Waals surface area contributed by atoms with Gasteiger partial charge in [-0.3, -0.25) is 9.59 Å². The fraction of sp³-hybridized carbons (Fsp3) is 0.533. The van der Waals surface area contributed by atoms with E-state index >= 15 is 0 Å². The van der Waals surface area contributed by atoms with Crippen molar-refractivity contribution in [2.45, 2.75) is 27.2 Å². The third kappa shape index (κ3) is 3.56. The lowest BCUT2D eigenvalue weighted by Gasteiger charge is -2.18. The van der Waals surface area contributed by atoms with E-state index in [0.717, 1.165) is 5.69 Å². The molecule has 1 aromatic rings. The number of aryl methyl sites for hydroxylation is 1. The minimum Gasteiger partial charge on any atom is -0.342 e. The molecule has 0 aromatic carbocycles. The number of carbonyl (C=O) groups excluding carboxylic acids is 2. The first kappa shape index (κ1) is 14.5. The second-order valence-corrected chi connectivity index (χ2v) is 5.75. The fourth-order valence-corrected chi connectivity index (χ4v) is 2.41. The molecule has 0 radical (unpaired) electrons. The van der Waals surface area contributed by atoms with Crippen LogP contribution >= 0.6 is 0 Å². The van der Waals surface area contributed by atoms with Crippen molar-refractivity contribution in [1.82, 2.24) is 9.88 Å². The Morgan fingerprint density at radius 2 is 2.25 bits per heavy atom. The maximum atomic E-state index is 12.2. The molecule has 1 fully saturated rings. The maximum absolute atomic E-state index is 12.2. The average Bonchev–Trinajstić information content (AvgIpc) is 2.70. The number of hydrogen-bond acceptors (Lipinski definition) is 3. The van der Waals surface area contributed by atoms with Crippen molar-refractivity contribution in [2.24, 2.45) is 11.8 Å². The molecule has 2 amide bonds. The van der Waals surface area contributed by atoms with Gasteiger partial charge in [-0.25, -0.2) is 4.98 Å². The first-order chi connectivity index (χ1) is 9.45. The Morgan fingerprint density at radius 3 is 2.90 bits per heavy atom. The summed E-state index contributed by atoms with van der Waals surface area (Å²) in [6, 6.07) is 5.48. The predicted octanol–water partition coefficient (Wildman–Crippen LogP) is 1.83. The maximum Gasteiger partial charge on any atom is 0.230 e. The summed E-state index contributed by atoms with van der Waals surface area (Å²) in [5.41, 5.74) is 0.853. The van der Waals surface area contributed by atoms with Crippen LogP contribution in [0, 0.1) is 18.8 Å². The molecule has 0 unspecified atom stereocenters. The Bertz CT molecular complexity index is 514. The van der Waals surface area contributed by atoms with Gasteiger partial charge in [0.1, 0.15) is 5.82 Å². The number of aromatic nitrogens is 1. The minimum absolute atomic E-state index is 0.0658. The summed E-state index contributed by atoms with van der Waals surface area (Å²) in [6.45, 7) is 7.23. The van der Waals surface area contributed by atoms with E-state index in [2.05, 4.69) is 24.1 Å². The normalized spacial score (nSPS) is 18.7. The lowest BCUT2D eigenvalue weighted by Crippen LogP contribution is -2.31. The Labute approximate surface area is 119 Å². The van der Waals surface area contributed by atoms with Gasteiger partial charge in [0, 0.05) is 25.2 Å². The molecule has 0 spiro atoms. The van der Waals surface area contributed by atoms with Gasteiger partial charge in [0.05, 0.1) is 5.92 Å². The van der Waals surface area contributed by atoms with Gasteiger partial charge in [-0.2, -0.15) is 0 Å². The molecule has 5 heteroatoms. The van der Waals surface area contributed by atoms with Gasteiger partial charge in [0.25, 0.3) is 0 Å². The second-order valence-electron chi connectivity index (χ2n) is 5.75. The fourth-order valence-electron chi connectivity index (χ4n) is 2.41. The summed E-state index contributed by atoms with van der Waals surface area (Å²) >= 11 is 0. The summed E-state index contributed by atoms with van der Waals surface area (Å²) in [4.78, 5) is 30.1. The lowest BCUT2D eigenvalue weighted by molar-refractivity contribution is -0.128. The molecule has 2 rings (SSSR count). The molecule has 20 heavy (non-hydrogen) atoms. The van der Waals surface area contributed by atoms with Crippen LogP contribution in [-0.2, 0) is 9.59 Å². The number of amides is 2. The number of anilines is 1. The smallest absolute Gasteiger partial charge is 0.230 e. The van der Waals surface area contributed by atoms with Crippen LogP contribution in [0.25, 0.3) is 0 Å². The summed E-state index contributed by atoms with van der Waals surface area (Å²) < 4.78 is 0. The zero-order valence-corrected chi connectivity index (χ0v) is 12.2. The molecule has 5 nitrogen and oxygen atoms in total. The van der Waals surface area contributed by atoms with Crippen molar-refractivity contribution in [3.05, 3.63) is 23.9 Å². The SMILES string of the molecule is Cc1cccc(NC(=O)[C@H]2CC(=O)N(CC(C)C)C2)n1. The molecule has 0 saturated carbocycles. The van der Waals surface area contributed by atoms with Gasteiger partial charge >= 0.3 is 0 Å². The lowest BCUT2D eigenvalue weighted by atomic mass is 10.1. The van der Waals surface area contributed by atoms with Crippen LogP contribution in [-0.4, -0.2) is 34.8 Å². The molecule has 1 aliphatic rings. The van der Waals surface area contributed by atoms with E-state index < -0.39 is 0 Å². The van der Waals surface area contributed by atoms with Gasteiger partial charge in [-0.15, -0.1) is 0 Å². The third-order valence-corrected chi connectivity index (χ3v) is 3.31. The molecule has 0 bridgehead atoms. The van der Waals surface area contributed by atoms with Crippen molar-refractivity contribution in [3.8, 4) is 0 Å². The number of likely N-dealkylation sites (tertiary alicyclic amines) is 1. The molecule has 1 atom stereocenters. The molecular weight excluding hydrogens is 254 g/mol. The van der Waals surface area contributed by atoms with Crippen LogP contribution in [0.2, 0.25) is 0 Å². The van der Waals surface area contributed by atoms with Crippen LogP contribution in [0.5, 0.6) is 0 Å². The predicted molar refractivity (Wildman–Crippen MR) is 77.1 cm³/mol. The summed E-state index contributed by atoms with van der Waals surface area (Å²) in [6.07, 6.45) is 0.296. The van der Waals surface area contributed by atoms with E-state index in [1.807, 2.05) is 19.1 Å². The van der Waals surface area contributed by atoms with Crippen molar-refractivity contribution in [3.63, 3.8) is 0 Å². The number of carbonyl (C=O) groups is 2. The molecule has 1 aromatic heterocycles. The monoisotopic (exact) mass is 275 g/mol. The number of nitrogens with one attached hydrogen (secondary N) is 1. The third-order valence-electron chi connectivity index (χ3n) is 3.31. The Balaban J connectivity index is 1.95. The number of pyridine rings is 1. The molecule has 1 saturated heterocycles. The van der Waals surface area contributed by atoms with Crippen LogP contribution in [0.1, 0.15) is 26.0 Å². The molecule has 108 valence electrons. The Morgan fingerprint density at radius 1 is 1.50 bits per heavy atom. The summed E-state index contributed by atoms with van der Waals surface area (Å²) in [5.74, 6) is 0.631. The van der Waals surface area contributed by atoms with Crippen LogP contribution in [0.15, 0.2) is 18.2 Å². The number of nitrogens with zero attached hydrogens (tertiary/aromatic N) is 2. The highest BCUT2D eigenvalue weighted by Crippen LogP contribution is 2.20. The summed E-state index contributed by atoms with van der Waals surface area (Å²) in [7, 11) is 0. The van der Waals surface area contributed by atoms with Crippen LogP contribution in [0.3, 0.4) is 0 Å². The quantitative estimate of drug-likeness (QED) is 0.912. The van der Waals surface area contributed by atoms with E-state index in [-0.39, 0.29) is 17.7 Å². The number of rotatable bonds is 4.